The van der Waals surface area contributed by atoms with Crippen molar-refractivity contribution in [2.45, 2.75) is 13.3 Å². The molecule has 0 unspecified atom stereocenters. The molecule has 2 N–H and O–H groups in total. The Labute approximate surface area is 85.8 Å². The molecule has 0 heterocycles. The van der Waals surface area contributed by atoms with Crippen molar-refractivity contribution in [3.05, 3.63) is 23.3 Å². The lowest BCUT2D eigenvalue weighted by atomic mass is 10.1. The quantitative estimate of drug-likeness (QED) is 0.622. The van der Waals surface area contributed by atoms with Crippen molar-refractivity contribution in [3.63, 3.8) is 0 Å². The van der Waals surface area contributed by atoms with E-state index in [0.29, 0.717) is 0 Å². The van der Waals surface area contributed by atoms with Gasteiger partial charge in [0, 0.05) is 11.3 Å². The number of ketones is 1. The van der Waals surface area contributed by atoms with Gasteiger partial charge in [0.05, 0.1) is 12.7 Å². The lowest BCUT2D eigenvalue weighted by molar-refractivity contribution is 0.101. The number of anilines is 1. The van der Waals surface area contributed by atoms with E-state index in [1.165, 1.54) is 20.1 Å². The molecule has 3 nitrogen and oxygen atoms in total. The van der Waals surface area contributed by atoms with E-state index in [-0.39, 0.29) is 28.3 Å². The molecule has 1 aromatic carbocycles. The minimum absolute atomic E-state index is 0.101. The molecule has 0 amide bonds. The Bertz CT molecular complexity index is 391. The first-order valence-electron chi connectivity index (χ1n) is 4.23. The van der Waals surface area contributed by atoms with E-state index in [4.69, 9.17) is 10.5 Å². The second-order valence-electron chi connectivity index (χ2n) is 3.04. The number of alkyl halides is 2. The summed E-state index contributed by atoms with van der Waals surface area (Å²) >= 11 is 0. The molecule has 0 radical (unpaired) electrons. The number of ether oxygens (including phenoxy) is 1. The zero-order valence-corrected chi connectivity index (χ0v) is 8.38. The highest BCUT2D eigenvalue weighted by Crippen LogP contribution is 2.32. The van der Waals surface area contributed by atoms with Gasteiger partial charge in [-0.3, -0.25) is 4.79 Å². The first kappa shape index (κ1) is 11.4. The van der Waals surface area contributed by atoms with Crippen LogP contribution in [0.25, 0.3) is 0 Å². The summed E-state index contributed by atoms with van der Waals surface area (Å²) in [5.74, 6) is -0.161. The molecule has 0 aromatic heterocycles. The van der Waals surface area contributed by atoms with Gasteiger partial charge in [-0.2, -0.15) is 0 Å². The lowest BCUT2D eigenvalue weighted by Gasteiger charge is -2.11. The number of nitrogen functional groups attached to an aromatic ring is 1. The minimum Gasteiger partial charge on any atom is -0.496 e. The van der Waals surface area contributed by atoms with Crippen LogP contribution >= 0.6 is 0 Å². The van der Waals surface area contributed by atoms with Crippen molar-refractivity contribution >= 4 is 11.5 Å². The third kappa shape index (κ3) is 2.23. The highest BCUT2D eigenvalue weighted by atomic mass is 19.3. The largest absolute Gasteiger partial charge is 0.496 e. The topological polar surface area (TPSA) is 52.3 Å². The first-order chi connectivity index (χ1) is 6.97. The van der Waals surface area contributed by atoms with Crippen LogP contribution in [0.5, 0.6) is 5.75 Å². The van der Waals surface area contributed by atoms with Crippen molar-refractivity contribution < 1.29 is 18.3 Å². The molecule has 0 saturated heterocycles. The zero-order chi connectivity index (χ0) is 11.6. The summed E-state index contributed by atoms with van der Waals surface area (Å²) in [7, 11) is 1.31. The number of methoxy groups -OCH3 is 1. The first-order valence-corrected chi connectivity index (χ1v) is 4.23. The molecular formula is C10H11F2NO2. The summed E-state index contributed by atoms with van der Waals surface area (Å²) in [4.78, 5) is 11.1. The average Bonchev–Trinajstić information content (AvgIpc) is 2.16. The van der Waals surface area contributed by atoms with E-state index in [1.54, 1.807) is 0 Å². The molecule has 82 valence electrons. The van der Waals surface area contributed by atoms with Crippen molar-refractivity contribution in [3.8, 4) is 5.75 Å². The SMILES string of the molecule is COc1cc(C(F)F)c(N)cc1C(C)=O. The molecule has 15 heavy (non-hydrogen) atoms. The summed E-state index contributed by atoms with van der Waals surface area (Å²) in [5, 5.41) is 0. The lowest BCUT2D eigenvalue weighted by Crippen LogP contribution is -2.03. The van der Waals surface area contributed by atoms with Crippen LogP contribution in [0.4, 0.5) is 14.5 Å². The molecular weight excluding hydrogens is 204 g/mol. The fourth-order valence-corrected chi connectivity index (χ4v) is 1.25. The molecule has 0 atom stereocenters. The zero-order valence-electron chi connectivity index (χ0n) is 8.38. The van der Waals surface area contributed by atoms with E-state index in [9.17, 15) is 13.6 Å². The van der Waals surface area contributed by atoms with Crippen LogP contribution in [-0.4, -0.2) is 12.9 Å². The van der Waals surface area contributed by atoms with E-state index >= 15 is 0 Å². The van der Waals surface area contributed by atoms with Crippen LogP contribution < -0.4 is 10.5 Å². The van der Waals surface area contributed by atoms with Crippen LogP contribution in [-0.2, 0) is 0 Å². The fourth-order valence-electron chi connectivity index (χ4n) is 1.25. The molecule has 0 aliphatic rings. The van der Waals surface area contributed by atoms with Gasteiger partial charge in [-0.15, -0.1) is 0 Å². The van der Waals surface area contributed by atoms with Crippen LogP contribution in [0.2, 0.25) is 0 Å². The molecule has 0 saturated carbocycles. The van der Waals surface area contributed by atoms with E-state index in [0.717, 1.165) is 6.07 Å². The second kappa shape index (κ2) is 4.25. The Balaban J connectivity index is 3.35. The highest BCUT2D eigenvalue weighted by molar-refractivity contribution is 5.98. The average molecular weight is 215 g/mol. The van der Waals surface area contributed by atoms with Gasteiger partial charge in [-0.05, 0) is 19.1 Å². The normalized spacial score (nSPS) is 10.5. The predicted octanol–water partition coefficient (Wildman–Crippen LogP) is 2.42. The number of hydrogen-bond acceptors (Lipinski definition) is 3. The summed E-state index contributed by atoms with van der Waals surface area (Å²) in [6.07, 6.45) is -2.68. The van der Waals surface area contributed by atoms with Crippen molar-refractivity contribution in [2.24, 2.45) is 0 Å². The number of halogens is 2. The van der Waals surface area contributed by atoms with Crippen LogP contribution in [0.15, 0.2) is 12.1 Å². The molecule has 0 aliphatic carbocycles. The van der Waals surface area contributed by atoms with Crippen molar-refractivity contribution in [2.75, 3.05) is 12.8 Å². The maximum atomic E-state index is 12.5. The third-order valence-electron chi connectivity index (χ3n) is 2.02. The van der Waals surface area contributed by atoms with Gasteiger partial charge in [0.1, 0.15) is 5.75 Å². The molecule has 0 fully saturated rings. The van der Waals surface area contributed by atoms with Gasteiger partial charge in [0.15, 0.2) is 5.78 Å². The predicted molar refractivity (Wildman–Crippen MR) is 52.4 cm³/mol. The Hall–Kier alpha value is -1.65. The van der Waals surface area contributed by atoms with Crippen molar-refractivity contribution in [1.29, 1.82) is 0 Å². The van der Waals surface area contributed by atoms with Gasteiger partial charge >= 0.3 is 0 Å². The Morgan fingerprint density at radius 3 is 2.47 bits per heavy atom. The van der Waals surface area contributed by atoms with E-state index in [1.807, 2.05) is 0 Å². The molecule has 0 spiro atoms. The highest BCUT2D eigenvalue weighted by Gasteiger charge is 2.17. The summed E-state index contributed by atoms with van der Waals surface area (Å²) in [6, 6.07) is 2.30. The number of carbonyl (C=O) groups is 1. The number of carbonyl (C=O) groups excluding carboxylic acids is 1. The van der Waals surface area contributed by atoms with Gasteiger partial charge in [0.2, 0.25) is 0 Å². The summed E-state index contributed by atoms with van der Waals surface area (Å²) in [6.45, 7) is 1.32. The Morgan fingerprint density at radius 1 is 1.47 bits per heavy atom. The number of nitrogens with two attached hydrogens (primary N) is 1. The van der Waals surface area contributed by atoms with E-state index < -0.39 is 6.43 Å². The smallest absolute Gasteiger partial charge is 0.265 e. The van der Waals surface area contributed by atoms with Gasteiger partial charge in [-0.25, -0.2) is 8.78 Å². The molecule has 1 rings (SSSR count). The minimum atomic E-state index is -2.68. The van der Waals surface area contributed by atoms with Crippen LogP contribution in [0.3, 0.4) is 0 Å². The summed E-state index contributed by atoms with van der Waals surface area (Å²) < 4.78 is 29.8. The Morgan fingerprint density at radius 2 is 2.07 bits per heavy atom. The molecule has 1 aromatic rings. The van der Waals surface area contributed by atoms with Gasteiger partial charge < -0.3 is 10.5 Å². The second-order valence-corrected chi connectivity index (χ2v) is 3.04. The third-order valence-corrected chi connectivity index (χ3v) is 2.02. The number of hydrogen-bond donors (Lipinski definition) is 1. The maximum Gasteiger partial charge on any atom is 0.265 e. The fraction of sp³-hybridized carbons (Fsp3) is 0.300. The maximum absolute atomic E-state index is 12.5. The molecule has 0 bridgehead atoms. The monoisotopic (exact) mass is 215 g/mol. The number of benzene rings is 1. The number of rotatable bonds is 3. The molecule has 5 heteroatoms. The summed E-state index contributed by atoms with van der Waals surface area (Å²) in [5.41, 5.74) is 5.18. The standard InChI is InChI=1S/C10H11F2NO2/c1-5(14)6-3-8(13)7(10(11)12)4-9(6)15-2/h3-4,10H,13H2,1-2H3. The van der Waals surface area contributed by atoms with Gasteiger partial charge in [0.25, 0.3) is 6.43 Å². The molecule has 0 aliphatic heterocycles. The van der Waals surface area contributed by atoms with Crippen LogP contribution in [0.1, 0.15) is 29.3 Å². The van der Waals surface area contributed by atoms with Crippen molar-refractivity contribution in [1.82, 2.24) is 0 Å². The number of Topliss-reactive ketones (excluding diaryl/α,β-unsaturated/α-hetero) is 1. The van der Waals surface area contributed by atoms with E-state index in [2.05, 4.69) is 0 Å². The van der Waals surface area contributed by atoms with Gasteiger partial charge in [-0.1, -0.05) is 0 Å². The van der Waals surface area contributed by atoms with Crippen LogP contribution in [0, 0.1) is 0 Å². The Kier molecular flexibility index (Phi) is 3.24.